The highest BCUT2D eigenvalue weighted by Crippen LogP contribution is 2.33. The van der Waals surface area contributed by atoms with E-state index in [-0.39, 0.29) is 16.7 Å². The van der Waals surface area contributed by atoms with Gasteiger partial charge in [-0.3, -0.25) is 10.1 Å². The summed E-state index contributed by atoms with van der Waals surface area (Å²) in [5, 5.41) is 10.9. The number of nitro groups is 1. The lowest BCUT2D eigenvalue weighted by molar-refractivity contribution is -0.386. The second kappa shape index (κ2) is 5.50. The van der Waals surface area contributed by atoms with Crippen LogP contribution in [0.2, 0.25) is 5.02 Å². The molecular weight excluding hydrogens is 342 g/mol. The van der Waals surface area contributed by atoms with Crippen molar-refractivity contribution in [3.05, 3.63) is 55.9 Å². The smallest absolute Gasteiger partial charge is 0.332 e. The zero-order valence-corrected chi connectivity index (χ0v) is 11.5. The topological polar surface area (TPSA) is 65.3 Å². The molecule has 0 bridgehead atoms. The van der Waals surface area contributed by atoms with Gasteiger partial charge in [0, 0.05) is 10.5 Å². The minimum Gasteiger partial charge on any atom is -0.430 e. The van der Waals surface area contributed by atoms with Gasteiger partial charge < -0.3 is 4.74 Å². The van der Waals surface area contributed by atoms with E-state index in [1.54, 1.807) is 0 Å². The van der Waals surface area contributed by atoms with Crippen LogP contribution in [0.5, 0.6) is 11.6 Å². The molecule has 0 atom stereocenters. The lowest BCUT2D eigenvalue weighted by Gasteiger charge is -2.06. The van der Waals surface area contributed by atoms with Gasteiger partial charge >= 0.3 is 5.69 Å². The molecule has 8 heteroatoms. The Morgan fingerprint density at radius 3 is 2.84 bits per heavy atom. The lowest BCUT2D eigenvalue weighted by Crippen LogP contribution is -1.97. The third-order valence-electron chi connectivity index (χ3n) is 2.10. The Hall–Kier alpha value is -1.73. The van der Waals surface area contributed by atoms with Crippen LogP contribution < -0.4 is 4.74 Å². The summed E-state index contributed by atoms with van der Waals surface area (Å²) in [6.45, 7) is 0. The largest absolute Gasteiger partial charge is 0.430 e. The number of pyridine rings is 1. The van der Waals surface area contributed by atoms with Gasteiger partial charge in [0.2, 0.25) is 0 Å². The first-order chi connectivity index (χ1) is 8.97. The maximum atomic E-state index is 13.5. The summed E-state index contributed by atoms with van der Waals surface area (Å²) >= 11 is 8.76. The van der Waals surface area contributed by atoms with E-state index in [2.05, 4.69) is 20.9 Å². The van der Waals surface area contributed by atoms with Gasteiger partial charge in [-0.1, -0.05) is 27.5 Å². The van der Waals surface area contributed by atoms with Crippen molar-refractivity contribution in [2.24, 2.45) is 0 Å². The number of hydrogen-bond donors (Lipinski definition) is 0. The Labute approximate surface area is 120 Å². The Morgan fingerprint density at radius 2 is 2.16 bits per heavy atom. The predicted molar refractivity (Wildman–Crippen MR) is 70.1 cm³/mol. The number of aromatic nitrogens is 1. The standard InChI is InChI=1S/C11H5BrClFN2O3/c12-6-1-2-8(14)10(3-6)19-11-9(16(17)18)4-7(13)5-15-11/h1-5H. The number of benzene rings is 1. The van der Waals surface area contributed by atoms with E-state index in [0.29, 0.717) is 4.47 Å². The normalized spacial score (nSPS) is 10.3. The van der Waals surface area contributed by atoms with Crippen molar-refractivity contribution < 1.29 is 14.1 Å². The van der Waals surface area contributed by atoms with Crippen molar-refractivity contribution in [1.82, 2.24) is 4.98 Å². The maximum Gasteiger partial charge on any atom is 0.332 e. The van der Waals surface area contributed by atoms with Crippen LogP contribution in [0, 0.1) is 15.9 Å². The maximum absolute atomic E-state index is 13.5. The number of rotatable bonds is 3. The van der Waals surface area contributed by atoms with Crippen molar-refractivity contribution in [2.75, 3.05) is 0 Å². The molecule has 98 valence electrons. The van der Waals surface area contributed by atoms with E-state index in [1.807, 2.05) is 0 Å². The van der Waals surface area contributed by atoms with Gasteiger partial charge in [0.1, 0.15) is 0 Å². The van der Waals surface area contributed by atoms with Crippen molar-refractivity contribution in [3.8, 4) is 11.6 Å². The van der Waals surface area contributed by atoms with Crippen LogP contribution in [-0.4, -0.2) is 9.91 Å². The molecule has 0 unspecified atom stereocenters. The molecule has 0 spiro atoms. The number of ether oxygens (including phenoxy) is 1. The monoisotopic (exact) mass is 346 g/mol. The highest BCUT2D eigenvalue weighted by molar-refractivity contribution is 9.10. The number of nitrogens with zero attached hydrogens (tertiary/aromatic N) is 2. The van der Waals surface area contributed by atoms with Crippen LogP contribution in [0.25, 0.3) is 0 Å². The van der Waals surface area contributed by atoms with Crippen molar-refractivity contribution >= 4 is 33.2 Å². The fourth-order valence-corrected chi connectivity index (χ4v) is 1.78. The molecule has 0 saturated carbocycles. The van der Waals surface area contributed by atoms with E-state index in [0.717, 1.165) is 6.07 Å². The Morgan fingerprint density at radius 1 is 1.42 bits per heavy atom. The van der Waals surface area contributed by atoms with Gasteiger partial charge in [0.05, 0.1) is 16.1 Å². The molecule has 19 heavy (non-hydrogen) atoms. The first-order valence-electron chi connectivity index (χ1n) is 4.90. The molecule has 1 aromatic carbocycles. The molecule has 0 N–H and O–H groups in total. The van der Waals surface area contributed by atoms with Gasteiger partial charge in [-0.15, -0.1) is 0 Å². The van der Waals surface area contributed by atoms with Crippen LogP contribution in [0.3, 0.4) is 0 Å². The predicted octanol–water partition coefficient (Wildman–Crippen LogP) is 4.34. The van der Waals surface area contributed by atoms with Crippen LogP contribution in [0.4, 0.5) is 10.1 Å². The molecule has 5 nitrogen and oxygen atoms in total. The molecule has 0 saturated heterocycles. The summed E-state index contributed by atoms with van der Waals surface area (Å²) < 4.78 is 19.2. The Balaban J connectivity index is 2.43. The van der Waals surface area contributed by atoms with E-state index >= 15 is 0 Å². The quantitative estimate of drug-likeness (QED) is 0.612. The van der Waals surface area contributed by atoms with Crippen LogP contribution in [0.1, 0.15) is 0 Å². The molecule has 0 amide bonds. The number of hydrogen-bond acceptors (Lipinski definition) is 4. The first kappa shape index (κ1) is 13.7. The highest BCUT2D eigenvalue weighted by Gasteiger charge is 2.19. The van der Waals surface area contributed by atoms with Crippen LogP contribution in [0.15, 0.2) is 34.9 Å². The van der Waals surface area contributed by atoms with Crippen LogP contribution in [-0.2, 0) is 0 Å². The molecule has 1 heterocycles. The molecule has 2 rings (SSSR count). The average molecular weight is 348 g/mol. The fraction of sp³-hybridized carbons (Fsp3) is 0. The Kier molecular flexibility index (Phi) is 3.96. The molecule has 2 aromatic rings. The molecule has 0 fully saturated rings. The summed E-state index contributed by atoms with van der Waals surface area (Å²) in [5.41, 5.74) is -0.438. The van der Waals surface area contributed by atoms with Crippen molar-refractivity contribution in [2.45, 2.75) is 0 Å². The van der Waals surface area contributed by atoms with Crippen LogP contribution >= 0.6 is 27.5 Å². The van der Waals surface area contributed by atoms with Gasteiger partial charge in [-0.05, 0) is 18.2 Å². The molecule has 0 aliphatic carbocycles. The van der Waals surface area contributed by atoms with E-state index in [9.17, 15) is 14.5 Å². The molecule has 0 aliphatic heterocycles. The van der Waals surface area contributed by atoms with Gasteiger partial charge in [-0.2, -0.15) is 0 Å². The summed E-state index contributed by atoms with van der Waals surface area (Å²) in [6.07, 6.45) is 1.18. The van der Waals surface area contributed by atoms with E-state index < -0.39 is 16.4 Å². The van der Waals surface area contributed by atoms with Crippen molar-refractivity contribution in [1.29, 1.82) is 0 Å². The summed E-state index contributed by atoms with van der Waals surface area (Å²) in [5.74, 6) is -1.16. The Bertz CT molecular complexity index is 654. The van der Waals surface area contributed by atoms with Gasteiger partial charge in [0.25, 0.3) is 5.88 Å². The second-order valence-electron chi connectivity index (χ2n) is 3.41. The minimum absolute atomic E-state index is 0.0914. The minimum atomic E-state index is -0.704. The van der Waals surface area contributed by atoms with Crippen molar-refractivity contribution in [3.63, 3.8) is 0 Å². The first-order valence-corrected chi connectivity index (χ1v) is 6.07. The SMILES string of the molecule is O=[N+]([O-])c1cc(Cl)cnc1Oc1cc(Br)ccc1F. The molecule has 0 aliphatic rings. The van der Waals surface area contributed by atoms with E-state index in [1.165, 1.54) is 24.4 Å². The second-order valence-corrected chi connectivity index (χ2v) is 4.76. The zero-order valence-electron chi connectivity index (χ0n) is 9.14. The fourth-order valence-electron chi connectivity index (χ4n) is 1.29. The molecule has 1 aromatic heterocycles. The summed E-state index contributed by atoms with van der Waals surface area (Å²) in [4.78, 5) is 13.8. The van der Waals surface area contributed by atoms with Gasteiger partial charge in [0.15, 0.2) is 11.6 Å². The molecular formula is C11H5BrClFN2O3. The molecule has 0 radical (unpaired) electrons. The third kappa shape index (κ3) is 3.18. The van der Waals surface area contributed by atoms with E-state index in [4.69, 9.17) is 16.3 Å². The summed E-state index contributed by atoms with van der Waals surface area (Å²) in [6, 6.07) is 5.07. The average Bonchev–Trinajstić information content (AvgIpc) is 2.35. The highest BCUT2D eigenvalue weighted by atomic mass is 79.9. The lowest BCUT2D eigenvalue weighted by atomic mass is 10.3. The number of halogens is 3. The zero-order chi connectivity index (χ0) is 14.0. The summed E-state index contributed by atoms with van der Waals surface area (Å²) in [7, 11) is 0. The van der Waals surface area contributed by atoms with Gasteiger partial charge in [-0.25, -0.2) is 9.37 Å². The third-order valence-corrected chi connectivity index (χ3v) is 2.80.